The fourth-order valence-electron chi connectivity index (χ4n) is 10.6. The fourth-order valence-corrected chi connectivity index (χ4v) is 11.7. The molecule has 114 heavy (non-hydrogen) atoms. The van der Waals surface area contributed by atoms with Gasteiger partial charge >= 0.3 is 26.2 Å². The predicted octanol–water partition coefficient (Wildman–Crippen LogP) is 28.0. The molecule has 0 radical (unpaired) electrons. The molecule has 0 heterocycles. The molecule has 0 unspecified atom stereocenters. The minimum absolute atomic E-state index is 0. The summed E-state index contributed by atoms with van der Waals surface area (Å²) >= 11 is 24.5. The van der Waals surface area contributed by atoms with Crippen molar-refractivity contribution in [3.05, 3.63) is 419 Å². The Morgan fingerprint density at radius 3 is 0.754 bits per heavy atom. The van der Waals surface area contributed by atoms with Gasteiger partial charge in [0.15, 0.2) is 0 Å². The maximum atomic E-state index is 11.1. The van der Waals surface area contributed by atoms with Crippen LogP contribution in [0.2, 0.25) is 20.1 Å². The van der Waals surface area contributed by atoms with E-state index in [4.69, 9.17) is 56.4 Å². The first-order valence-corrected chi connectivity index (χ1v) is 38.2. The van der Waals surface area contributed by atoms with E-state index in [-0.39, 0.29) is 107 Å². The van der Waals surface area contributed by atoms with E-state index in [9.17, 15) is 20.4 Å². The van der Waals surface area contributed by atoms with Gasteiger partial charge in [-0.3, -0.25) is 9.98 Å². The Labute approximate surface area is 741 Å². The second-order valence-electron chi connectivity index (χ2n) is 30.8. The van der Waals surface area contributed by atoms with Gasteiger partial charge in [0.1, 0.15) is 23.0 Å². The number of aromatic hydroxyl groups is 4. The van der Waals surface area contributed by atoms with Crippen LogP contribution in [-0.2, 0) is 87.2 Å². The van der Waals surface area contributed by atoms with Crippen LogP contribution in [0.3, 0.4) is 0 Å². The van der Waals surface area contributed by atoms with Gasteiger partial charge in [0.2, 0.25) is 0 Å². The van der Waals surface area contributed by atoms with E-state index < -0.39 is 0 Å². The smallest absolute Gasteiger partial charge is 0.507 e. The van der Waals surface area contributed by atoms with Crippen LogP contribution in [0.15, 0.2) is 289 Å². The summed E-state index contributed by atoms with van der Waals surface area (Å²) in [7, 11) is 3.83. The Morgan fingerprint density at radius 2 is 0.544 bits per heavy atom. The zero-order valence-corrected chi connectivity index (χ0v) is 76.4. The standard InChI is InChI=1S/2C29H34Cl2N2O2.6C7H7.2Zr/c2*1-28(2,3)20-12-18(26(34)22(14-20)29(4,5)6)16-32-24-10-8-9-11-25(24)33(7)17-19-13-21(30)15-23(31)27(19)35;6*1-7-5-3-2-4-6-7;;/h2*8-16,34-35H,17H2,1-7H3;6*2-6H,1H2;;/q;;6*-1;;+4. The number of rotatable bonds is 10. The molecule has 0 aliphatic heterocycles. The molecule has 592 valence electrons. The average molecular weight is 1760 g/mol. The summed E-state index contributed by atoms with van der Waals surface area (Å²) in [6, 6.07) is 89.4. The van der Waals surface area contributed by atoms with Gasteiger partial charge in [-0.25, -0.2) is 0 Å². The topological polar surface area (TPSA) is 112 Å². The van der Waals surface area contributed by atoms with Gasteiger partial charge in [0.05, 0.1) is 32.8 Å². The molecule has 12 aromatic carbocycles. The number of nitrogens with zero attached hydrogens (tertiary/aromatic N) is 4. The van der Waals surface area contributed by atoms with E-state index in [2.05, 4.69) is 137 Å². The number of halogens is 4. The van der Waals surface area contributed by atoms with Crippen LogP contribution in [0.4, 0.5) is 22.7 Å². The molecular weight excluding hydrogens is 1650 g/mol. The Bertz CT molecular complexity index is 4380. The third kappa shape index (κ3) is 34.9. The molecule has 0 saturated heterocycles. The number of para-hydroxylation sites is 4. The van der Waals surface area contributed by atoms with Crippen LogP contribution in [0.25, 0.3) is 0 Å². The van der Waals surface area contributed by atoms with Gasteiger partial charge in [-0.15, -0.1) is 72.8 Å². The van der Waals surface area contributed by atoms with E-state index in [0.29, 0.717) is 45.4 Å². The number of hydrogen-bond acceptors (Lipinski definition) is 8. The third-order valence-electron chi connectivity index (χ3n) is 17.0. The van der Waals surface area contributed by atoms with E-state index in [1.807, 2.05) is 267 Å². The third-order valence-corrected chi connectivity index (χ3v) is 18.0. The summed E-state index contributed by atoms with van der Waals surface area (Å²) in [5, 5.41) is 44.3. The minimum Gasteiger partial charge on any atom is -0.507 e. The molecule has 0 amide bonds. The number of phenols is 4. The van der Waals surface area contributed by atoms with E-state index >= 15 is 0 Å². The van der Waals surface area contributed by atoms with Crippen LogP contribution >= 0.6 is 46.4 Å². The summed E-state index contributed by atoms with van der Waals surface area (Å²) in [4.78, 5) is 13.5. The molecule has 12 rings (SSSR count). The van der Waals surface area contributed by atoms with Crippen LogP contribution in [-0.4, -0.2) is 47.0 Å². The molecule has 8 nitrogen and oxygen atoms in total. The summed E-state index contributed by atoms with van der Waals surface area (Å²) in [6.45, 7) is 48.6. The predicted molar refractivity (Wildman–Crippen MR) is 484 cm³/mol. The molecule has 0 aliphatic carbocycles. The van der Waals surface area contributed by atoms with Crippen molar-refractivity contribution < 1.29 is 72.8 Å². The number of anilines is 2. The van der Waals surface area contributed by atoms with Gasteiger partial charge in [-0.2, -0.15) is 148 Å². The maximum absolute atomic E-state index is 11.1. The Balaban J connectivity index is 0.000000385. The summed E-state index contributed by atoms with van der Waals surface area (Å²) < 4.78 is 0. The van der Waals surface area contributed by atoms with Gasteiger partial charge in [-0.1, -0.05) is 202 Å². The molecule has 12 aromatic rings. The first-order chi connectivity index (χ1) is 52.7. The minimum atomic E-state index is -0.216. The number of phenolic OH excluding ortho intramolecular Hbond substituents is 4. The monoisotopic (exact) mass is 1750 g/mol. The summed E-state index contributed by atoms with van der Waals surface area (Å²) in [6.07, 6.45) is 3.44. The van der Waals surface area contributed by atoms with Crippen molar-refractivity contribution in [3.8, 4) is 23.0 Å². The van der Waals surface area contributed by atoms with Crippen LogP contribution in [0, 0.1) is 41.5 Å². The molecule has 0 saturated carbocycles. The summed E-state index contributed by atoms with van der Waals surface area (Å²) in [5.41, 5.74) is 15.7. The first kappa shape index (κ1) is 99.1. The van der Waals surface area contributed by atoms with Crippen molar-refractivity contribution in [3.63, 3.8) is 0 Å². The van der Waals surface area contributed by atoms with Gasteiger partial charge in [0, 0.05) is 109 Å². The molecule has 0 bridgehead atoms. The van der Waals surface area contributed by atoms with Crippen molar-refractivity contribution in [2.24, 2.45) is 9.98 Å². The SMILES string of the molecule is CN(Cc1cc(Cl)cc(Cl)c1O)c1ccccc1N=Cc1cc(C(C)(C)C)cc(C(C)(C)C)c1O.CN(Cc1cc(Cl)cc(Cl)c1O)c1ccccc1N=Cc1cc(C(C)(C)C)cc(C(C)(C)C)c1O.[CH2-]c1ccccc1.[CH2-]c1ccccc1.[CH2-]c1ccccc1.[CH2-]c1ccccc1.[CH2-]c1ccccc1.[CH2-]c1ccccc1.[Zr+4].[Zr]. The molecule has 14 heteroatoms. The molecular formula is C100H110Cl4N4O4Zr2-2. The molecule has 0 fully saturated rings. The average Bonchev–Trinajstić information content (AvgIpc) is 0.791. The van der Waals surface area contributed by atoms with E-state index in [0.717, 1.165) is 78.4 Å². The molecule has 4 N–H and O–H groups in total. The number of benzene rings is 12. The van der Waals surface area contributed by atoms with Gasteiger partial charge < -0.3 is 30.2 Å². The van der Waals surface area contributed by atoms with Crippen molar-refractivity contribution in [2.75, 3.05) is 23.9 Å². The van der Waals surface area contributed by atoms with Crippen LogP contribution in [0.5, 0.6) is 23.0 Å². The van der Waals surface area contributed by atoms with Crippen molar-refractivity contribution >= 4 is 81.6 Å². The van der Waals surface area contributed by atoms with Crippen molar-refractivity contribution in [1.29, 1.82) is 0 Å². The fraction of sp³-hybridized carbons (Fsp3) is 0.200. The Morgan fingerprint density at radius 1 is 0.316 bits per heavy atom. The maximum Gasteiger partial charge on any atom is 4.00 e. The quantitative estimate of drug-likeness (QED) is 0.0802. The second-order valence-corrected chi connectivity index (χ2v) is 32.5. The molecule has 0 aliphatic rings. The molecule has 0 aromatic heterocycles. The molecule has 0 atom stereocenters. The normalized spacial score (nSPS) is 10.8. The molecule has 0 spiro atoms. The first-order valence-electron chi connectivity index (χ1n) is 36.7. The Hall–Kier alpha value is -9.07. The van der Waals surface area contributed by atoms with Crippen molar-refractivity contribution in [2.45, 2.75) is 118 Å². The van der Waals surface area contributed by atoms with Crippen molar-refractivity contribution in [1.82, 2.24) is 0 Å². The number of aliphatic imine (C=N–C) groups is 2. The van der Waals surface area contributed by atoms with Crippen LogP contribution < -0.4 is 9.80 Å². The zero-order chi connectivity index (χ0) is 82.9. The largest absolute Gasteiger partial charge is 4.00 e. The summed E-state index contributed by atoms with van der Waals surface area (Å²) in [5.74, 6) is 0.530. The zero-order valence-electron chi connectivity index (χ0n) is 68.5. The Kier molecular flexibility index (Phi) is 42.0. The number of hydrogen-bond donors (Lipinski definition) is 4. The van der Waals surface area contributed by atoms with Crippen LogP contribution in [0.1, 0.15) is 161 Å². The second kappa shape index (κ2) is 48.3. The van der Waals surface area contributed by atoms with Gasteiger partial charge in [-0.05, 0) is 93.5 Å². The van der Waals surface area contributed by atoms with Gasteiger partial charge in [0.25, 0.3) is 0 Å². The van der Waals surface area contributed by atoms with E-state index in [1.165, 1.54) is 12.1 Å². The van der Waals surface area contributed by atoms with E-state index in [1.54, 1.807) is 24.6 Å².